The topological polar surface area (TPSA) is 91.4 Å². The van der Waals surface area contributed by atoms with E-state index in [1.54, 1.807) is 20.5 Å². The Morgan fingerprint density at radius 1 is 1.03 bits per heavy atom. The molecular weight excluding hydrogens is 452 g/mol. The molecule has 0 aliphatic rings. The van der Waals surface area contributed by atoms with Gasteiger partial charge in [0.1, 0.15) is 5.76 Å². The summed E-state index contributed by atoms with van der Waals surface area (Å²) in [7, 11) is 3.17. The number of aromatic nitrogens is 3. The highest BCUT2D eigenvalue weighted by Crippen LogP contribution is 2.29. The van der Waals surface area contributed by atoms with E-state index >= 15 is 0 Å². The van der Waals surface area contributed by atoms with E-state index in [0.717, 1.165) is 22.5 Å². The molecule has 34 heavy (non-hydrogen) atoms. The molecule has 0 fully saturated rings. The first-order chi connectivity index (χ1) is 16.6. The summed E-state index contributed by atoms with van der Waals surface area (Å²) in [6.45, 7) is 2.87. The Hall–Kier alpha value is -3.72. The number of hydrogen-bond acceptors (Lipinski definition) is 7. The van der Waals surface area contributed by atoms with E-state index in [-0.39, 0.29) is 11.7 Å². The van der Waals surface area contributed by atoms with Gasteiger partial charge < -0.3 is 19.2 Å². The summed E-state index contributed by atoms with van der Waals surface area (Å²) < 4.78 is 18.1. The van der Waals surface area contributed by atoms with Gasteiger partial charge in [-0.3, -0.25) is 9.36 Å². The lowest BCUT2D eigenvalue weighted by Gasteiger charge is -2.11. The van der Waals surface area contributed by atoms with Crippen LogP contribution in [0.5, 0.6) is 11.5 Å². The molecule has 0 saturated carbocycles. The first-order valence-electron chi connectivity index (χ1n) is 10.7. The number of nitrogens with one attached hydrogen (secondary N) is 1. The second-order valence-corrected chi connectivity index (χ2v) is 8.47. The van der Waals surface area contributed by atoms with Gasteiger partial charge in [0, 0.05) is 6.54 Å². The van der Waals surface area contributed by atoms with Crippen LogP contribution in [-0.4, -0.2) is 40.6 Å². The Balaban J connectivity index is 1.44. The van der Waals surface area contributed by atoms with Crippen LogP contribution in [0.25, 0.3) is 11.4 Å². The van der Waals surface area contributed by atoms with Gasteiger partial charge in [-0.1, -0.05) is 48.2 Å². The van der Waals surface area contributed by atoms with Gasteiger partial charge in [-0.2, -0.15) is 0 Å². The van der Waals surface area contributed by atoms with E-state index in [2.05, 4.69) is 27.6 Å². The molecule has 2 heterocycles. The lowest BCUT2D eigenvalue weighted by Crippen LogP contribution is -2.24. The summed E-state index contributed by atoms with van der Waals surface area (Å²) in [5, 5.41) is 12.4. The highest BCUT2D eigenvalue weighted by molar-refractivity contribution is 7.99. The summed E-state index contributed by atoms with van der Waals surface area (Å²) in [5.74, 6) is 2.86. The number of carbonyl (C=O) groups excluding carboxylic acids is 1. The van der Waals surface area contributed by atoms with Crippen LogP contribution in [0.1, 0.15) is 16.9 Å². The van der Waals surface area contributed by atoms with Crippen molar-refractivity contribution in [3.8, 4) is 22.9 Å². The predicted molar refractivity (Wildman–Crippen MR) is 130 cm³/mol. The van der Waals surface area contributed by atoms with Crippen molar-refractivity contribution in [3.63, 3.8) is 0 Å². The predicted octanol–water partition coefficient (Wildman–Crippen LogP) is 4.32. The van der Waals surface area contributed by atoms with E-state index in [9.17, 15) is 4.79 Å². The molecule has 0 spiro atoms. The molecule has 9 heteroatoms. The molecule has 8 nitrogen and oxygen atoms in total. The van der Waals surface area contributed by atoms with Gasteiger partial charge in [0.25, 0.3) is 0 Å². The fourth-order valence-electron chi connectivity index (χ4n) is 3.49. The molecule has 0 bridgehead atoms. The summed E-state index contributed by atoms with van der Waals surface area (Å²) in [6, 6.07) is 17.5. The van der Waals surface area contributed by atoms with Crippen LogP contribution in [0.2, 0.25) is 0 Å². The van der Waals surface area contributed by atoms with Crippen molar-refractivity contribution in [1.29, 1.82) is 0 Å². The molecule has 1 N–H and O–H groups in total. The highest BCUT2D eigenvalue weighted by atomic mass is 32.2. The van der Waals surface area contributed by atoms with Gasteiger partial charge in [0.05, 0.1) is 38.3 Å². The van der Waals surface area contributed by atoms with Crippen molar-refractivity contribution in [2.45, 2.75) is 25.2 Å². The van der Waals surface area contributed by atoms with E-state index < -0.39 is 0 Å². The van der Waals surface area contributed by atoms with Gasteiger partial charge in [-0.15, -0.1) is 10.2 Å². The minimum atomic E-state index is -0.102. The number of ether oxygens (including phenoxy) is 2. The Labute approximate surface area is 202 Å². The van der Waals surface area contributed by atoms with Gasteiger partial charge in [0.15, 0.2) is 22.5 Å². The average molecular weight is 479 g/mol. The second-order valence-electron chi connectivity index (χ2n) is 7.52. The molecule has 0 saturated heterocycles. The normalized spacial score (nSPS) is 10.8. The first kappa shape index (κ1) is 23.4. The molecule has 0 aliphatic heterocycles. The van der Waals surface area contributed by atoms with E-state index in [4.69, 9.17) is 13.9 Å². The second kappa shape index (κ2) is 10.9. The number of methoxy groups -OCH3 is 2. The lowest BCUT2D eigenvalue weighted by molar-refractivity contribution is -0.118. The molecular formula is C25H26N4O4S. The number of carbonyl (C=O) groups is 1. The molecule has 0 unspecified atom stereocenters. The summed E-state index contributed by atoms with van der Waals surface area (Å²) in [6.07, 6.45) is 1.64. The standard InChI is InChI=1S/C25H26N4O4S/c1-17-20(11-12-33-17)24-27-28-25(29(24)15-18-7-5-4-6-8-18)34-16-23(30)26-14-19-9-10-21(31-2)22(13-19)32-3/h4-13H,14-16H2,1-3H3,(H,26,30). The van der Waals surface area contributed by atoms with Gasteiger partial charge >= 0.3 is 0 Å². The molecule has 0 aliphatic carbocycles. The number of aryl methyl sites for hydroxylation is 1. The monoisotopic (exact) mass is 478 g/mol. The van der Waals surface area contributed by atoms with Crippen LogP contribution >= 0.6 is 11.8 Å². The van der Waals surface area contributed by atoms with Crippen LogP contribution in [0.4, 0.5) is 0 Å². The molecule has 176 valence electrons. The smallest absolute Gasteiger partial charge is 0.230 e. The van der Waals surface area contributed by atoms with Crippen LogP contribution in [0.15, 0.2) is 70.4 Å². The van der Waals surface area contributed by atoms with Crippen molar-refractivity contribution in [2.24, 2.45) is 0 Å². The molecule has 0 atom stereocenters. The van der Waals surface area contributed by atoms with Crippen molar-refractivity contribution in [2.75, 3.05) is 20.0 Å². The Morgan fingerprint density at radius 2 is 1.82 bits per heavy atom. The van der Waals surface area contributed by atoms with Crippen LogP contribution < -0.4 is 14.8 Å². The van der Waals surface area contributed by atoms with E-state index in [1.807, 2.05) is 54.0 Å². The zero-order valence-corrected chi connectivity index (χ0v) is 20.1. The number of amides is 1. The Kier molecular flexibility index (Phi) is 7.54. The Bertz CT molecular complexity index is 1250. The summed E-state index contributed by atoms with van der Waals surface area (Å²) in [4.78, 5) is 12.6. The largest absolute Gasteiger partial charge is 0.493 e. The molecule has 2 aromatic carbocycles. The van der Waals surface area contributed by atoms with Crippen molar-refractivity contribution in [3.05, 3.63) is 77.7 Å². The number of benzene rings is 2. The molecule has 2 aromatic heterocycles. The SMILES string of the molecule is COc1ccc(CNC(=O)CSc2nnc(-c3ccoc3C)n2Cc2ccccc2)cc1OC. The maximum absolute atomic E-state index is 12.6. The van der Waals surface area contributed by atoms with Crippen LogP contribution in [0.3, 0.4) is 0 Å². The molecule has 1 amide bonds. The summed E-state index contributed by atoms with van der Waals surface area (Å²) in [5.41, 5.74) is 2.92. The van der Waals surface area contributed by atoms with Gasteiger partial charge in [0.2, 0.25) is 5.91 Å². The first-order valence-corrected chi connectivity index (χ1v) is 11.7. The molecule has 4 rings (SSSR count). The van der Waals surface area contributed by atoms with Crippen molar-refractivity contribution >= 4 is 17.7 Å². The van der Waals surface area contributed by atoms with Crippen molar-refractivity contribution < 1.29 is 18.7 Å². The minimum absolute atomic E-state index is 0.102. The van der Waals surface area contributed by atoms with E-state index in [0.29, 0.717) is 35.6 Å². The van der Waals surface area contributed by atoms with Crippen LogP contribution in [0, 0.1) is 6.92 Å². The van der Waals surface area contributed by atoms with Gasteiger partial charge in [-0.05, 0) is 36.2 Å². The molecule has 4 aromatic rings. The number of furan rings is 1. The number of thioether (sulfide) groups is 1. The number of rotatable bonds is 10. The average Bonchev–Trinajstić information content (AvgIpc) is 3.47. The number of hydrogen-bond donors (Lipinski definition) is 1. The highest BCUT2D eigenvalue weighted by Gasteiger charge is 2.18. The van der Waals surface area contributed by atoms with E-state index in [1.165, 1.54) is 11.8 Å². The number of nitrogens with zero attached hydrogens (tertiary/aromatic N) is 3. The Morgan fingerprint density at radius 3 is 2.53 bits per heavy atom. The zero-order valence-electron chi connectivity index (χ0n) is 19.3. The van der Waals surface area contributed by atoms with Crippen molar-refractivity contribution in [1.82, 2.24) is 20.1 Å². The maximum Gasteiger partial charge on any atom is 0.230 e. The summed E-state index contributed by atoms with van der Waals surface area (Å²) >= 11 is 1.35. The third-order valence-electron chi connectivity index (χ3n) is 5.27. The van der Waals surface area contributed by atoms with Crippen LogP contribution in [-0.2, 0) is 17.9 Å². The zero-order chi connectivity index (χ0) is 23.9. The quantitative estimate of drug-likeness (QED) is 0.339. The third-order valence-corrected chi connectivity index (χ3v) is 6.24. The minimum Gasteiger partial charge on any atom is -0.493 e. The third kappa shape index (κ3) is 5.43. The fraction of sp³-hybridized carbons (Fsp3) is 0.240. The molecule has 0 radical (unpaired) electrons. The maximum atomic E-state index is 12.6. The fourth-order valence-corrected chi connectivity index (χ4v) is 4.26. The lowest BCUT2D eigenvalue weighted by atomic mass is 10.2. The van der Waals surface area contributed by atoms with Gasteiger partial charge in [-0.25, -0.2) is 0 Å².